The van der Waals surface area contributed by atoms with Gasteiger partial charge in [-0.2, -0.15) is 0 Å². The van der Waals surface area contributed by atoms with Crippen LogP contribution in [-0.4, -0.2) is 19.0 Å². The van der Waals surface area contributed by atoms with E-state index < -0.39 is 0 Å². The first-order valence-corrected chi connectivity index (χ1v) is 6.99. The van der Waals surface area contributed by atoms with E-state index in [0.717, 1.165) is 17.4 Å². The second-order valence-electron chi connectivity index (χ2n) is 4.33. The van der Waals surface area contributed by atoms with Gasteiger partial charge in [0.1, 0.15) is 0 Å². The molecule has 0 spiro atoms. The number of hydrogen-bond acceptors (Lipinski definition) is 3. The van der Waals surface area contributed by atoms with Gasteiger partial charge in [-0.25, -0.2) is 0 Å². The summed E-state index contributed by atoms with van der Waals surface area (Å²) < 4.78 is 0.802. The third-order valence-electron chi connectivity index (χ3n) is 2.16. The molecule has 0 unspecified atom stereocenters. The van der Waals surface area contributed by atoms with Crippen LogP contribution in [0.5, 0.6) is 0 Å². The van der Waals surface area contributed by atoms with Crippen LogP contribution in [0.4, 0.5) is 0 Å². The lowest BCUT2D eigenvalue weighted by Gasteiger charge is -2.07. The van der Waals surface area contributed by atoms with E-state index in [0.29, 0.717) is 18.9 Å². The SMILES string of the molecule is CC(C)CNC(=O)CCNCc1ccc(Cl)s1. The van der Waals surface area contributed by atoms with Gasteiger partial charge in [0.25, 0.3) is 0 Å². The van der Waals surface area contributed by atoms with Crippen molar-refractivity contribution in [3.63, 3.8) is 0 Å². The summed E-state index contributed by atoms with van der Waals surface area (Å²) in [5.74, 6) is 0.607. The summed E-state index contributed by atoms with van der Waals surface area (Å²) in [6.45, 7) is 6.38. The number of rotatable bonds is 7. The Morgan fingerprint density at radius 3 is 2.82 bits per heavy atom. The second kappa shape index (κ2) is 7.69. The van der Waals surface area contributed by atoms with E-state index in [2.05, 4.69) is 24.5 Å². The van der Waals surface area contributed by atoms with Crippen molar-refractivity contribution < 1.29 is 4.79 Å². The van der Waals surface area contributed by atoms with Crippen molar-refractivity contribution in [2.45, 2.75) is 26.8 Å². The lowest BCUT2D eigenvalue weighted by Crippen LogP contribution is -2.30. The highest BCUT2D eigenvalue weighted by Crippen LogP contribution is 2.20. The maximum atomic E-state index is 11.4. The average molecular weight is 275 g/mol. The zero-order valence-corrected chi connectivity index (χ0v) is 11.8. The molecule has 2 N–H and O–H groups in total. The Morgan fingerprint density at radius 1 is 1.47 bits per heavy atom. The van der Waals surface area contributed by atoms with Gasteiger partial charge >= 0.3 is 0 Å². The van der Waals surface area contributed by atoms with Crippen molar-refractivity contribution in [1.29, 1.82) is 0 Å². The minimum absolute atomic E-state index is 0.107. The Kier molecular flexibility index (Phi) is 6.55. The predicted molar refractivity (Wildman–Crippen MR) is 73.5 cm³/mol. The Labute approximate surface area is 112 Å². The first-order chi connectivity index (χ1) is 8.08. The summed E-state index contributed by atoms with van der Waals surface area (Å²) in [5.41, 5.74) is 0. The molecule has 0 aliphatic carbocycles. The molecule has 5 heteroatoms. The molecule has 3 nitrogen and oxygen atoms in total. The first kappa shape index (κ1) is 14.5. The van der Waals surface area contributed by atoms with Crippen molar-refractivity contribution in [2.75, 3.05) is 13.1 Å². The summed E-state index contributed by atoms with van der Waals surface area (Å²) in [7, 11) is 0. The van der Waals surface area contributed by atoms with Crippen LogP contribution in [0.3, 0.4) is 0 Å². The van der Waals surface area contributed by atoms with Crippen LogP contribution in [-0.2, 0) is 11.3 Å². The van der Waals surface area contributed by atoms with E-state index in [1.807, 2.05) is 12.1 Å². The van der Waals surface area contributed by atoms with Crippen LogP contribution in [0, 0.1) is 5.92 Å². The molecule has 0 atom stereocenters. The van der Waals surface area contributed by atoms with Crippen molar-refractivity contribution >= 4 is 28.8 Å². The number of halogens is 1. The van der Waals surface area contributed by atoms with Crippen LogP contribution < -0.4 is 10.6 Å². The van der Waals surface area contributed by atoms with Crippen molar-refractivity contribution in [3.8, 4) is 0 Å². The van der Waals surface area contributed by atoms with Crippen LogP contribution in [0.25, 0.3) is 0 Å². The Hall–Kier alpha value is -0.580. The van der Waals surface area contributed by atoms with Crippen LogP contribution in [0.15, 0.2) is 12.1 Å². The molecule has 0 aliphatic rings. The fourth-order valence-electron chi connectivity index (χ4n) is 1.27. The van der Waals surface area contributed by atoms with Crippen LogP contribution in [0.2, 0.25) is 4.34 Å². The molecule has 0 aromatic carbocycles. The molecule has 1 heterocycles. The Morgan fingerprint density at radius 2 is 2.24 bits per heavy atom. The van der Waals surface area contributed by atoms with Gasteiger partial charge in [0.2, 0.25) is 5.91 Å². The minimum atomic E-state index is 0.107. The standard InChI is InChI=1S/C12H19ClN2OS/c1-9(2)7-15-12(16)5-6-14-8-10-3-4-11(13)17-10/h3-4,9,14H,5-8H2,1-2H3,(H,15,16). The highest BCUT2D eigenvalue weighted by atomic mass is 35.5. The van der Waals surface area contributed by atoms with Gasteiger partial charge < -0.3 is 10.6 Å². The Balaban J connectivity index is 2.06. The number of thiophene rings is 1. The quantitative estimate of drug-likeness (QED) is 0.751. The molecule has 0 radical (unpaired) electrons. The number of carbonyl (C=O) groups excluding carboxylic acids is 1. The van der Waals surface area contributed by atoms with Crippen molar-refractivity contribution in [2.24, 2.45) is 5.92 Å². The molecule has 1 amide bonds. The molecule has 0 bridgehead atoms. The zero-order chi connectivity index (χ0) is 12.7. The molecule has 1 rings (SSSR count). The molecule has 96 valence electrons. The molecule has 0 aliphatic heterocycles. The molecular weight excluding hydrogens is 256 g/mol. The van der Waals surface area contributed by atoms with Crippen molar-refractivity contribution in [3.05, 3.63) is 21.3 Å². The van der Waals surface area contributed by atoms with E-state index in [4.69, 9.17) is 11.6 Å². The molecule has 0 saturated carbocycles. The Bertz CT molecular complexity index is 352. The van der Waals surface area contributed by atoms with E-state index in [9.17, 15) is 4.79 Å². The number of amides is 1. The van der Waals surface area contributed by atoms with Crippen molar-refractivity contribution in [1.82, 2.24) is 10.6 Å². The molecule has 0 saturated heterocycles. The molecule has 1 aromatic rings. The van der Waals surface area contributed by atoms with Gasteiger partial charge in [0.15, 0.2) is 0 Å². The molecule has 17 heavy (non-hydrogen) atoms. The minimum Gasteiger partial charge on any atom is -0.356 e. The second-order valence-corrected chi connectivity index (χ2v) is 6.13. The highest BCUT2D eigenvalue weighted by Gasteiger charge is 2.02. The van der Waals surface area contributed by atoms with Gasteiger partial charge in [-0.15, -0.1) is 11.3 Å². The average Bonchev–Trinajstić information content (AvgIpc) is 2.68. The number of nitrogens with one attached hydrogen (secondary N) is 2. The highest BCUT2D eigenvalue weighted by molar-refractivity contribution is 7.16. The largest absolute Gasteiger partial charge is 0.356 e. The lowest BCUT2D eigenvalue weighted by atomic mass is 10.2. The lowest BCUT2D eigenvalue weighted by molar-refractivity contribution is -0.121. The monoisotopic (exact) mass is 274 g/mol. The maximum absolute atomic E-state index is 11.4. The summed E-state index contributed by atoms with van der Waals surface area (Å²) >= 11 is 7.38. The van der Waals surface area contributed by atoms with E-state index in [1.165, 1.54) is 4.88 Å². The fourth-order valence-corrected chi connectivity index (χ4v) is 2.32. The first-order valence-electron chi connectivity index (χ1n) is 5.79. The molecular formula is C12H19ClN2OS. The summed E-state index contributed by atoms with van der Waals surface area (Å²) in [4.78, 5) is 12.6. The molecule has 1 aromatic heterocycles. The predicted octanol–water partition coefficient (Wildman–Crippen LogP) is 2.65. The number of carbonyl (C=O) groups is 1. The summed E-state index contributed by atoms with van der Waals surface area (Å²) in [6, 6.07) is 3.89. The van der Waals surface area contributed by atoms with Gasteiger partial charge in [0, 0.05) is 30.9 Å². The van der Waals surface area contributed by atoms with E-state index >= 15 is 0 Å². The fraction of sp³-hybridized carbons (Fsp3) is 0.583. The van der Waals surface area contributed by atoms with Gasteiger partial charge in [0.05, 0.1) is 4.34 Å². The normalized spacial score (nSPS) is 10.8. The smallest absolute Gasteiger partial charge is 0.221 e. The summed E-state index contributed by atoms with van der Waals surface area (Å²) in [5, 5.41) is 6.11. The zero-order valence-electron chi connectivity index (χ0n) is 10.3. The third-order valence-corrected chi connectivity index (χ3v) is 3.40. The van der Waals surface area contributed by atoms with Gasteiger partial charge in [-0.05, 0) is 18.1 Å². The summed E-state index contributed by atoms with van der Waals surface area (Å²) in [6.07, 6.45) is 0.520. The van der Waals surface area contributed by atoms with Gasteiger partial charge in [-0.3, -0.25) is 4.79 Å². The molecule has 0 fully saturated rings. The van der Waals surface area contributed by atoms with Gasteiger partial charge in [-0.1, -0.05) is 25.4 Å². The maximum Gasteiger partial charge on any atom is 0.221 e. The van der Waals surface area contributed by atoms with E-state index in [1.54, 1.807) is 11.3 Å². The topological polar surface area (TPSA) is 41.1 Å². The number of hydrogen-bond donors (Lipinski definition) is 2. The third kappa shape index (κ3) is 6.66. The van der Waals surface area contributed by atoms with Crippen LogP contribution in [0.1, 0.15) is 25.1 Å². The van der Waals surface area contributed by atoms with E-state index in [-0.39, 0.29) is 5.91 Å². The van der Waals surface area contributed by atoms with Crippen LogP contribution >= 0.6 is 22.9 Å².